The van der Waals surface area contributed by atoms with E-state index in [1.54, 1.807) is 11.3 Å². The molecule has 120 valence electrons. The number of para-hydroxylation sites is 1. The standard InChI is InChI=1S/C18H22N4S/c1-13-8-10-23-17(13)12-22-18(19-2)20-9-7-14-11-21-16-6-4-3-5-15(14)16/h3-6,8,10-11,21H,7,9,12H2,1-2H3,(H2,19,20,22). The van der Waals surface area contributed by atoms with Crippen LogP contribution in [0.15, 0.2) is 46.9 Å². The zero-order valence-corrected chi connectivity index (χ0v) is 14.3. The molecule has 1 aromatic carbocycles. The molecular weight excluding hydrogens is 304 g/mol. The molecule has 0 spiro atoms. The Morgan fingerprint density at radius 1 is 1.22 bits per heavy atom. The molecule has 5 heteroatoms. The molecule has 0 atom stereocenters. The maximum Gasteiger partial charge on any atom is 0.191 e. The summed E-state index contributed by atoms with van der Waals surface area (Å²) < 4.78 is 0. The Balaban J connectivity index is 1.51. The van der Waals surface area contributed by atoms with Gasteiger partial charge in [-0.05, 0) is 42.0 Å². The molecule has 4 nitrogen and oxygen atoms in total. The number of nitrogens with zero attached hydrogens (tertiary/aromatic N) is 1. The number of nitrogens with one attached hydrogen (secondary N) is 3. The number of aromatic amines is 1. The third kappa shape index (κ3) is 3.74. The molecular formula is C18H22N4S. The Kier molecular flexibility index (Phi) is 4.98. The second-order valence-corrected chi connectivity index (χ2v) is 6.49. The van der Waals surface area contributed by atoms with Crippen LogP contribution in [-0.4, -0.2) is 24.5 Å². The number of fused-ring (bicyclic) bond motifs is 1. The molecule has 3 aromatic rings. The van der Waals surface area contributed by atoms with Crippen LogP contribution in [0, 0.1) is 6.92 Å². The molecule has 3 N–H and O–H groups in total. The molecule has 0 amide bonds. The topological polar surface area (TPSA) is 52.2 Å². The number of aromatic nitrogens is 1. The van der Waals surface area contributed by atoms with Gasteiger partial charge in [0.2, 0.25) is 0 Å². The van der Waals surface area contributed by atoms with Crippen molar-refractivity contribution in [1.82, 2.24) is 15.6 Å². The average molecular weight is 326 g/mol. The van der Waals surface area contributed by atoms with Crippen LogP contribution in [-0.2, 0) is 13.0 Å². The summed E-state index contributed by atoms with van der Waals surface area (Å²) in [5, 5.41) is 10.2. The van der Waals surface area contributed by atoms with Gasteiger partial charge in [-0.25, -0.2) is 0 Å². The van der Waals surface area contributed by atoms with Crippen LogP contribution >= 0.6 is 11.3 Å². The van der Waals surface area contributed by atoms with Crippen LogP contribution in [0.4, 0.5) is 0 Å². The Morgan fingerprint density at radius 3 is 2.87 bits per heavy atom. The van der Waals surface area contributed by atoms with Gasteiger partial charge in [-0.1, -0.05) is 18.2 Å². The van der Waals surface area contributed by atoms with Crippen LogP contribution in [0.1, 0.15) is 16.0 Å². The van der Waals surface area contributed by atoms with Crippen LogP contribution in [0.2, 0.25) is 0 Å². The van der Waals surface area contributed by atoms with Crippen molar-refractivity contribution in [3.63, 3.8) is 0 Å². The Morgan fingerprint density at radius 2 is 2.09 bits per heavy atom. The van der Waals surface area contributed by atoms with Crippen LogP contribution < -0.4 is 10.6 Å². The molecule has 0 aliphatic carbocycles. The summed E-state index contributed by atoms with van der Waals surface area (Å²) in [6.45, 7) is 3.81. The summed E-state index contributed by atoms with van der Waals surface area (Å²) in [6.07, 6.45) is 3.06. The summed E-state index contributed by atoms with van der Waals surface area (Å²) in [7, 11) is 1.81. The van der Waals surface area contributed by atoms with E-state index in [4.69, 9.17) is 0 Å². The highest BCUT2D eigenvalue weighted by Crippen LogP contribution is 2.17. The molecule has 2 aromatic heterocycles. The lowest BCUT2D eigenvalue weighted by atomic mass is 10.1. The summed E-state index contributed by atoms with van der Waals surface area (Å²) in [6, 6.07) is 10.6. The fourth-order valence-electron chi connectivity index (χ4n) is 2.62. The van der Waals surface area contributed by atoms with E-state index in [0.717, 1.165) is 25.5 Å². The number of H-pyrrole nitrogens is 1. The predicted molar refractivity (Wildman–Crippen MR) is 99.3 cm³/mol. The van der Waals surface area contributed by atoms with E-state index in [-0.39, 0.29) is 0 Å². The highest BCUT2D eigenvalue weighted by molar-refractivity contribution is 7.10. The summed E-state index contributed by atoms with van der Waals surface area (Å²) in [4.78, 5) is 8.96. The van der Waals surface area contributed by atoms with Gasteiger partial charge >= 0.3 is 0 Å². The number of hydrogen-bond acceptors (Lipinski definition) is 2. The van der Waals surface area contributed by atoms with E-state index < -0.39 is 0 Å². The molecule has 0 aliphatic rings. The number of benzene rings is 1. The van der Waals surface area contributed by atoms with Gasteiger partial charge < -0.3 is 15.6 Å². The summed E-state index contributed by atoms with van der Waals surface area (Å²) in [5.74, 6) is 0.845. The molecule has 0 bridgehead atoms. The minimum absolute atomic E-state index is 0.816. The van der Waals surface area contributed by atoms with E-state index in [0.29, 0.717) is 0 Å². The van der Waals surface area contributed by atoms with Crippen molar-refractivity contribution >= 4 is 28.2 Å². The Bertz CT molecular complexity index is 800. The minimum Gasteiger partial charge on any atom is -0.361 e. The van der Waals surface area contributed by atoms with Crippen molar-refractivity contribution in [1.29, 1.82) is 0 Å². The van der Waals surface area contributed by atoms with Gasteiger partial charge in [-0.3, -0.25) is 4.99 Å². The van der Waals surface area contributed by atoms with Crippen molar-refractivity contribution in [2.45, 2.75) is 19.9 Å². The maximum absolute atomic E-state index is 4.29. The zero-order valence-electron chi connectivity index (χ0n) is 13.5. The fraction of sp³-hybridized carbons (Fsp3) is 0.278. The van der Waals surface area contributed by atoms with E-state index in [2.05, 4.69) is 69.4 Å². The molecule has 3 rings (SSSR count). The van der Waals surface area contributed by atoms with E-state index in [1.807, 2.05) is 7.05 Å². The van der Waals surface area contributed by atoms with E-state index >= 15 is 0 Å². The fourth-order valence-corrected chi connectivity index (χ4v) is 3.47. The highest BCUT2D eigenvalue weighted by Gasteiger charge is 2.04. The second kappa shape index (κ2) is 7.33. The lowest BCUT2D eigenvalue weighted by molar-refractivity contribution is 0.800. The van der Waals surface area contributed by atoms with Gasteiger partial charge in [0, 0.05) is 35.6 Å². The SMILES string of the molecule is CN=C(NCCc1c[nH]c2ccccc12)NCc1sccc1C. The molecule has 23 heavy (non-hydrogen) atoms. The normalized spacial score (nSPS) is 11.8. The summed E-state index contributed by atoms with van der Waals surface area (Å²) in [5.41, 5.74) is 3.85. The largest absolute Gasteiger partial charge is 0.361 e. The van der Waals surface area contributed by atoms with Crippen molar-refractivity contribution in [2.24, 2.45) is 4.99 Å². The lowest BCUT2D eigenvalue weighted by Crippen LogP contribution is -2.37. The number of guanidine groups is 1. The van der Waals surface area contributed by atoms with E-state index in [1.165, 1.54) is 26.9 Å². The van der Waals surface area contributed by atoms with Gasteiger partial charge in [-0.2, -0.15) is 0 Å². The first kappa shape index (κ1) is 15.6. The summed E-state index contributed by atoms with van der Waals surface area (Å²) >= 11 is 1.78. The van der Waals surface area contributed by atoms with Crippen molar-refractivity contribution < 1.29 is 0 Å². The Hall–Kier alpha value is -2.27. The highest BCUT2D eigenvalue weighted by atomic mass is 32.1. The first-order valence-electron chi connectivity index (χ1n) is 7.80. The van der Waals surface area contributed by atoms with Crippen molar-refractivity contribution in [2.75, 3.05) is 13.6 Å². The molecule has 0 radical (unpaired) electrons. The molecule has 0 saturated carbocycles. The first-order valence-corrected chi connectivity index (χ1v) is 8.68. The second-order valence-electron chi connectivity index (χ2n) is 5.49. The van der Waals surface area contributed by atoms with Gasteiger partial charge in [0.1, 0.15) is 0 Å². The molecule has 2 heterocycles. The molecule has 0 saturated heterocycles. The number of thiophene rings is 1. The van der Waals surface area contributed by atoms with Gasteiger partial charge in [-0.15, -0.1) is 11.3 Å². The van der Waals surface area contributed by atoms with Gasteiger partial charge in [0.25, 0.3) is 0 Å². The number of aliphatic imine (C=N–C) groups is 1. The van der Waals surface area contributed by atoms with E-state index in [9.17, 15) is 0 Å². The van der Waals surface area contributed by atoms with Crippen LogP contribution in [0.3, 0.4) is 0 Å². The Labute approximate surface area is 140 Å². The van der Waals surface area contributed by atoms with Gasteiger partial charge in [0.05, 0.1) is 6.54 Å². The molecule has 0 fully saturated rings. The molecule has 0 unspecified atom stereocenters. The smallest absolute Gasteiger partial charge is 0.191 e. The quantitative estimate of drug-likeness (QED) is 0.497. The number of rotatable bonds is 5. The van der Waals surface area contributed by atoms with Crippen molar-refractivity contribution in [3.05, 3.63) is 57.9 Å². The monoisotopic (exact) mass is 326 g/mol. The number of aryl methyl sites for hydroxylation is 1. The average Bonchev–Trinajstić information content (AvgIpc) is 3.17. The molecule has 0 aliphatic heterocycles. The first-order chi connectivity index (χ1) is 11.3. The third-order valence-electron chi connectivity index (χ3n) is 3.97. The van der Waals surface area contributed by atoms with Gasteiger partial charge in [0.15, 0.2) is 5.96 Å². The minimum atomic E-state index is 0.816. The zero-order chi connectivity index (χ0) is 16.1. The van der Waals surface area contributed by atoms with Crippen molar-refractivity contribution in [3.8, 4) is 0 Å². The number of hydrogen-bond donors (Lipinski definition) is 3. The van der Waals surface area contributed by atoms with Crippen LogP contribution in [0.5, 0.6) is 0 Å². The lowest BCUT2D eigenvalue weighted by Gasteiger charge is -2.11. The van der Waals surface area contributed by atoms with Crippen LogP contribution in [0.25, 0.3) is 10.9 Å². The predicted octanol–water partition coefficient (Wildman–Crippen LogP) is 3.45. The third-order valence-corrected chi connectivity index (χ3v) is 4.99. The maximum atomic E-state index is 4.29.